The van der Waals surface area contributed by atoms with Crippen LogP contribution in [0.2, 0.25) is 0 Å². The van der Waals surface area contributed by atoms with Crippen LogP contribution in [0.1, 0.15) is 92.9 Å². The van der Waals surface area contributed by atoms with Crippen LogP contribution < -0.4 is 0 Å². The minimum atomic E-state index is -0.539. The summed E-state index contributed by atoms with van der Waals surface area (Å²) < 4.78 is 0. The average Bonchev–Trinajstić information content (AvgIpc) is 2.85. The van der Waals surface area contributed by atoms with Crippen LogP contribution in [0, 0.1) is 35.0 Å². The Morgan fingerprint density at radius 2 is 1.79 bits per heavy atom. The van der Waals surface area contributed by atoms with E-state index in [2.05, 4.69) is 41.5 Å². The molecular formula is C22H40O2. The second-order valence-electron chi connectivity index (χ2n) is 9.73. The maximum atomic E-state index is 12.3. The van der Waals surface area contributed by atoms with Crippen molar-refractivity contribution in [3.8, 4) is 0 Å². The molecule has 0 radical (unpaired) electrons. The molecule has 140 valence electrons. The fourth-order valence-electron chi connectivity index (χ4n) is 6.06. The number of carbonyl (C=O) groups is 1. The SMILES string of the molecule is CC(CCCC(O)(C(C)C)C(C)C)C1CCC2C(=O)CCC[C@@]21C. The fourth-order valence-corrected chi connectivity index (χ4v) is 6.06. The monoisotopic (exact) mass is 336 g/mol. The summed E-state index contributed by atoms with van der Waals surface area (Å²) in [7, 11) is 0. The fraction of sp³-hybridized carbons (Fsp3) is 0.955. The van der Waals surface area contributed by atoms with E-state index in [1.165, 1.54) is 19.3 Å². The maximum Gasteiger partial charge on any atom is 0.136 e. The van der Waals surface area contributed by atoms with Crippen LogP contribution in [0.15, 0.2) is 0 Å². The van der Waals surface area contributed by atoms with Gasteiger partial charge in [-0.2, -0.15) is 0 Å². The molecule has 2 fully saturated rings. The van der Waals surface area contributed by atoms with Crippen LogP contribution >= 0.6 is 0 Å². The van der Waals surface area contributed by atoms with Gasteiger partial charge in [-0.05, 0) is 61.2 Å². The Labute approximate surface area is 149 Å². The number of aliphatic hydroxyl groups is 1. The first-order chi connectivity index (χ1) is 11.1. The highest BCUT2D eigenvalue weighted by Crippen LogP contribution is 2.57. The van der Waals surface area contributed by atoms with Crippen molar-refractivity contribution in [3.05, 3.63) is 0 Å². The van der Waals surface area contributed by atoms with E-state index in [0.717, 1.165) is 32.1 Å². The van der Waals surface area contributed by atoms with Gasteiger partial charge in [-0.3, -0.25) is 4.79 Å². The molecule has 2 saturated carbocycles. The van der Waals surface area contributed by atoms with Gasteiger partial charge in [0, 0.05) is 12.3 Å². The van der Waals surface area contributed by atoms with Crippen LogP contribution in [-0.2, 0) is 4.79 Å². The molecule has 0 aromatic heterocycles. The highest BCUT2D eigenvalue weighted by molar-refractivity contribution is 5.83. The lowest BCUT2D eigenvalue weighted by atomic mass is 9.62. The molecule has 2 aliphatic carbocycles. The lowest BCUT2D eigenvalue weighted by Crippen LogP contribution is -2.41. The first-order valence-electron chi connectivity index (χ1n) is 10.4. The van der Waals surface area contributed by atoms with Crippen molar-refractivity contribution in [2.45, 2.75) is 98.5 Å². The highest BCUT2D eigenvalue weighted by atomic mass is 16.3. The molecular weight excluding hydrogens is 296 g/mol. The number of ketones is 1. The Balaban J connectivity index is 1.93. The van der Waals surface area contributed by atoms with Gasteiger partial charge in [0.2, 0.25) is 0 Å². The summed E-state index contributed by atoms with van der Waals surface area (Å²) in [4.78, 5) is 12.3. The second kappa shape index (κ2) is 7.48. The topological polar surface area (TPSA) is 37.3 Å². The maximum absolute atomic E-state index is 12.3. The van der Waals surface area contributed by atoms with Crippen LogP contribution in [0.5, 0.6) is 0 Å². The minimum Gasteiger partial charge on any atom is -0.389 e. The molecule has 4 atom stereocenters. The predicted octanol–water partition coefficient (Wildman–Crippen LogP) is 5.62. The Morgan fingerprint density at radius 1 is 1.17 bits per heavy atom. The van der Waals surface area contributed by atoms with Gasteiger partial charge in [-0.15, -0.1) is 0 Å². The van der Waals surface area contributed by atoms with Crippen molar-refractivity contribution in [2.75, 3.05) is 0 Å². The molecule has 2 heteroatoms. The number of fused-ring (bicyclic) bond motifs is 1. The molecule has 0 spiro atoms. The molecule has 0 heterocycles. The minimum absolute atomic E-state index is 0.251. The summed E-state index contributed by atoms with van der Waals surface area (Å²) in [6.07, 6.45) is 8.67. The van der Waals surface area contributed by atoms with E-state index in [4.69, 9.17) is 0 Å². The number of hydrogen-bond acceptors (Lipinski definition) is 2. The molecule has 0 bridgehead atoms. The molecule has 2 rings (SSSR count). The lowest BCUT2D eigenvalue weighted by Gasteiger charge is -2.42. The largest absolute Gasteiger partial charge is 0.389 e. The smallest absolute Gasteiger partial charge is 0.136 e. The van der Waals surface area contributed by atoms with Gasteiger partial charge in [-0.25, -0.2) is 0 Å². The van der Waals surface area contributed by atoms with Crippen molar-refractivity contribution in [1.82, 2.24) is 0 Å². The van der Waals surface area contributed by atoms with Crippen LogP contribution in [0.4, 0.5) is 0 Å². The van der Waals surface area contributed by atoms with E-state index < -0.39 is 5.60 Å². The van der Waals surface area contributed by atoms with Gasteiger partial charge in [-0.1, -0.05) is 54.4 Å². The molecule has 0 aromatic carbocycles. The molecule has 1 N–H and O–H groups in total. The van der Waals surface area contributed by atoms with E-state index in [-0.39, 0.29) is 5.41 Å². The summed E-state index contributed by atoms with van der Waals surface area (Å²) in [5, 5.41) is 11.0. The second-order valence-corrected chi connectivity index (χ2v) is 9.73. The van der Waals surface area contributed by atoms with Crippen molar-refractivity contribution in [1.29, 1.82) is 0 Å². The summed E-state index contributed by atoms with van der Waals surface area (Å²) in [5.41, 5.74) is -0.288. The van der Waals surface area contributed by atoms with E-state index in [9.17, 15) is 9.90 Å². The van der Waals surface area contributed by atoms with E-state index in [0.29, 0.717) is 35.4 Å². The summed E-state index contributed by atoms with van der Waals surface area (Å²) in [6, 6.07) is 0. The molecule has 0 amide bonds. The van der Waals surface area contributed by atoms with Gasteiger partial charge in [0.25, 0.3) is 0 Å². The van der Waals surface area contributed by atoms with Crippen molar-refractivity contribution in [3.63, 3.8) is 0 Å². The van der Waals surface area contributed by atoms with Crippen molar-refractivity contribution in [2.24, 2.45) is 35.0 Å². The van der Waals surface area contributed by atoms with E-state index >= 15 is 0 Å². The highest BCUT2D eigenvalue weighted by Gasteiger charge is 2.52. The number of rotatable bonds is 7. The first-order valence-corrected chi connectivity index (χ1v) is 10.4. The molecule has 24 heavy (non-hydrogen) atoms. The van der Waals surface area contributed by atoms with E-state index in [1.807, 2.05) is 0 Å². The quantitative estimate of drug-likeness (QED) is 0.655. The molecule has 2 aliphatic rings. The third-order valence-electron chi connectivity index (χ3n) is 7.86. The van der Waals surface area contributed by atoms with Crippen LogP contribution in [0.3, 0.4) is 0 Å². The van der Waals surface area contributed by atoms with Gasteiger partial charge < -0.3 is 5.11 Å². The number of Topliss-reactive ketones (excluding diaryl/α,β-unsaturated/α-hetero) is 1. The van der Waals surface area contributed by atoms with Gasteiger partial charge in [0.1, 0.15) is 5.78 Å². The average molecular weight is 337 g/mol. The first kappa shape index (κ1) is 19.9. The predicted molar refractivity (Wildman–Crippen MR) is 101 cm³/mol. The number of hydrogen-bond donors (Lipinski definition) is 1. The Hall–Kier alpha value is -0.370. The molecule has 0 aliphatic heterocycles. The normalized spacial score (nSPS) is 32.5. The zero-order chi connectivity index (χ0) is 18.1. The molecule has 0 saturated heterocycles. The van der Waals surface area contributed by atoms with Gasteiger partial charge in [0.05, 0.1) is 5.60 Å². The van der Waals surface area contributed by atoms with Crippen LogP contribution in [-0.4, -0.2) is 16.5 Å². The molecule has 2 nitrogen and oxygen atoms in total. The summed E-state index contributed by atoms with van der Waals surface area (Å²) in [6.45, 7) is 13.3. The van der Waals surface area contributed by atoms with Crippen LogP contribution in [0.25, 0.3) is 0 Å². The lowest BCUT2D eigenvalue weighted by molar-refractivity contribution is -0.130. The number of carbonyl (C=O) groups excluding carboxylic acids is 1. The van der Waals surface area contributed by atoms with E-state index in [1.54, 1.807) is 0 Å². The molecule has 3 unspecified atom stereocenters. The summed E-state index contributed by atoms with van der Waals surface area (Å²) >= 11 is 0. The molecule has 0 aromatic rings. The Kier molecular flexibility index (Phi) is 6.21. The Morgan fingerprint density at radius 3 is 2.38 bits per heavy atom. The van der Waals surface area contributed by atoms with Crippen molar-refractivity contribution >= 4 is 5.78 Å². The zero-order valence-electron chi connectivity index (χ0n) is 16.9. The van der Waals surface area contributed by atoms with Gasteiger partial charge >= 0.3 is 0 Å². The van der Waals surface area contributed by atoms with Gasteiger partial charge in [0.15, 0.2) is 0 Å². The standard InChI is InChI=1S/C22H40O2/c1-15(2)22(24,16(3)4)14-7-9-17(5)18-11-12-19-20(23)10-8-13-21(18,19)6/h15-19,24H,7-14H2,1-6H3/t17?,18?,19?,21-/m1/s1. The third-order valence-corrected chi connectivity index (χ3v) is 7.86. The summed E-state index contributed by atoms with van der Waals surface area (Å²) in [5.74, 6) is 2.83. The third kappa shape index (κ3) is 3.59. The van der Waals surface area contributed by atoms with Crippen molar-refractivity contribution < 1.29 is 9.90 Å². The zero-order valence-corrected chi connectivity index (χ0v) is 16.9. The Bertz CT molecular complexity index is 431.